The molecule has 0 amide bonds. The molecule has 2 aromatic rings. The van der Waals surface area contributed by atoms with Crippen molar-refractivity contribution in [2.45, 2.75) is 32.1 Å². The quantitative estimate of drug-likeness (QED) is 0.702. The lowest BCUT2D eigenvalue weighted by molar-refractivity contribution is 0.103. The van der Waals surface area contributed by atoms with E-state index in [1.54, 1.807) is 0 Å². The first-order chi connectivity index (χ1) is 9.66. The Morgan fingerprint density at radius 1 is 1.10 bits per heavy atom. The van der Waals surface area contributed by atoms with Crippen LogP contribution in [0.25, 0.3) is 0 Å². The van der Waals surface area contributed by atoms with E-state index in [2.05, 4.69) is 28.1 Å². The van der Waals surface area contributed by atoms with Crippen LogP contribution < -0.4 is 0 Å². The molecule has 0 bridgehead atoms. The molecule has 0 aromatic heterocycles. The van der Waals surface area contributed by atoms with Crippen molar-refractivity contribution in [3.63, 3.8) is 0 Å². The summed E-state index contributed by atoms with van der Waals surface area (Å²) >= 11 is 3.52. The number of halogens is 1. The minimum absolute atomic E-state index is 0.0840. The maximum atomic E-state index is 12.6. The van der Waals surface area contributed by atoms with Gasteiger partial charge in [0.25, 0.3) is 0 Å². The van der Waals surface area contributed by atoms with Gasteiger partial charge in [0.2, 0.25) is 0 Å². The third-order valence-electron chi connectivity index (χ3n) is 4.19. The Balaban J connectivity index is 1.88. The summed E-state index contributed by atoms with van der Waals surface area (Å²) in [4.78, 5) is 12.6. The second-order valence-electron chi connectivity index (χ2n) is 5.52. The molecule has 1 saturated carbocycles. The van der Waals surface area contributed by atoms with Crippen LogP contribution in [-0.4, -0.2) is 5.78 Å². The van der Waals surface area contributed by atoms with E-state index in [0.29, 0.717) is 5.92 Å². The first kappa shape index (κ1) is 13.6. The summed E-state index contributed by atoms with van der Waals surface area (Å²) in [6, 6.07) is 14.0. The highest BCUT2D eigenvalue weighted by atomic mass is 79.9. The molecule has 1 aliphatic rings. The van der Waals surface area contributed by atoms with Gasteiger partial charge in [-0.05, 0) is 58.8 Å². The molecule has 0 unspecified atom stereocenters. The van der Waals surface area contributed by atoms with E-state index in [4.69, 9.17) is 0 Å². The van der Waals surface area contributed by atoms with Crippen LogP contribution in [0, 0.1) is 6.92 Å². The Hall–Kier alpha value is -1.41. The van der Waals surface area contributed by atoms with Crippen LogP contribution in [-0.2, 0) is 0 Å². The Morgan fingerprint density at radius 3 is 2.40 bits per heavy atom. The van der Waals surface area contributed by atoms with Gasteiger partial charge in [0.15, 0.2) is 5.78 Å². The molecule has 0 saturated heterocycles. The third-order valence-corrected chi connectivity index (χ3v) is 5.24. The van der Waals surface area contributed by atoms with E-state index < -0.39 is 0 Å². The lowest BCUT2D eigenvalue weighted by Crippen LogP contribution is -2.09. The van der Waals surface area contributed by atoms with Gasteiger partial charge in [-0.15, -0.1) is 0 Å². The van der Waals surface area contributed by atoms with Gasteiger partial charge >= 0.3 is 0 Å². The highest BCUT2D eigenvalue weighted by Gasteiger charge is 2.20. The number of hydrogen-bond acceptors (Lipinski definition) is 1. The first-order valence-electron chi connectivity index (χ1n) is 7.06. The molecule has 2 aromatic carbocycles. The fourth-order valence-electron chi connectivity index (χ4n) is 2.63. The second-order valence-corrected chi connectivity index (χ2v) is 6.31. The average Bonchev–Trinajstić information content (AvgIpc) is 2.40. The molecule has 1 aliphatic carbocycles. The minimum Gasteiger partial charge on any atom is -0.289 e. The van der Waals surface area contributed by atoms with Gasteiger partial charge in [0.1, 0.15) is 0 Å². The van der Waals surface area contributed by atoms with Crippen molar-refractivity contribution in [2.24, 2.45) is 0 Å². The molecule has 0 aliphatic heterocycles. The topological polar surface area (TPSA) is 17.1 Å². The van der Waals surface area contributed by atoms with Crippen LogP contribution >= 0.6 is 15.9 Å². The summed E-state index contributed by atoms with van der Waals surface area (Å²) in [5, 5.41) is 0. The van der Waals surface area contributed by atoms with Crippen LogP contribution in [0.2, 0.25) is 0 Å². The standard InChI is InChI=1S/C18H17BrO/c1-12-4-2-7-16(17(12)19)18(20)15-10-8-14(9-11-15)13-5-3-6-13/h2,4,7-11,13H,3,5-6H2,1H3. The molecular formula is C18H17BrO. The Kier molecular flexibility index (Phi) is 3.75. The molecule has 0 N–H and O–H groups in total. The molecular weight excluding hydrogens is 312 g/mol. The number of ketones is 1. The number of hydrogen-bond donors (Lipinski definition) is 0. The lowest BCUT2D eigenvalue weighted by atomic mass is 9.80. The van der Waals surface area contributed by atoms with Crippen molar-refractivity contribution < 1.29 is 4.79 Å². The van der Waals surface area contributed by atoms with Gasteiger partial charge in [-0.25, -0.2) is 0 Å². The van der Waals surface area contributed by atoms with Gasteiger partial charge in [-0.2, -0.15) is 0 Å². The van der Waals surface area contributed by atoms with E-state index in [1.165, 1.54) is 24.8 Å². The van der Waals surface area contributed by atoms with Gasteiger partial charge in [-0.3, -0.25) is 4.79 Å². The summed E-state index contributed by atoms with van der Waals surface area (Å²) in [5.74, 6) is 0.797. The lowest BCUT2D eigenvalue weighted by Gasteiger charge is -2.25. The monoisotopic (exact) mass is 328 g/mol. The van der Waals surface area contributed by atoms with Crippen molar-refractivity contribution in [2.75, 3.05) is 0 Å². The fraction of sp³-hybridized carbons (Fsp3) is 0.278. The Bertz CT molecular complexity index is 639. The summed E-state index contributed by atoms with van der Waals surface area (Å²) < 4.78 is 0.896. The molecule has 20 heavy (non-hydrogen) atoms. The zero-order valence-electron chi connectivity index (χ0n) is 11.5. The SMILES string of the molecule is Cc1cccc(C(=O)c2ccc(C3CCC3)cc2)c1Br. The average molecular weight is 329 g/mol. The zero-order chi connectivity index (χ0) is 14.1. The minimum atomic E-state index is 0.0840. The van der Waals surface area contributed by atoms with Crippen molar-refractivity contribution in [1.82, 2.24) is 0 Å². The summed E-state index contributed by atoms with van der Waals surface area (Å²) in [6.07, 6.45) is 3.91. The molecule has 102 valence electrons. The zero-order valence-corrected chi connectivity index (χ0v) is 13.1. The molecule has 0 spiro atoms. The van der Waals surface area contributed by atoms with Gasteiger partial charge in [0.05, 0.1) is 0 Å². The van der Waals surface area contributed by atoms with E-state index in [-0.39, 0.29) is 5.78 Å². The van der Waals surface area contributed by atoms with Crippen LogP contribution in [0.1, 0.15) is 52.2 Å². The van der Waals surface area contributed by atoms with Crippen molar-refractivity contribution in [1.29, 1.82) is 0 Å². The van der Waals surface area contributed by atoms with E-state index in [1.807, 2.05) is 37.3 Å². The normalized spacial score (nSPS) is 14.9. The van der Waals surface area contributed by atoms with E-state index >= 15 is 0 Å². The fourth-order valence-corrected chi connectivity index (χ4v) is 3.07. The van der Waals surface area contributed by atoms with Crippen molar-refractivity contribution in [3.05, 3.63) is 69.2 Å². The number of carbonyl (C=O) groups excluding carboxylic acids is 1. The van der Waals surface area contributed by atoms with Crippen LogP contribution in [0.3, 0.4) is 0 Å². The maximum absolute atomic E-state index is 12.6. The van der Waals surface area contributed by atoms with Gasteiger partial charge < -0.3 is 0 Å². The Labute approximate surface area is 128 Å². The largest absolute Gasteiger partial charge is 0.289 e. The number of carbonyl (C=O) groups is 1. The smallest absolute Gasteiger partial charge is 0.194 e. The molecule has 0 radical (unpaired) electrons. The summed E-state index contributed by atoms with van der Waals surface area (Å²) in [5.41, 5.74) is 3.96. The molecule has 1 fully saturated rings. The maximum Gasteiger partial charge on any atom is 0.194 e. The van der Waals surface area contributed by atoms with E-state index in [9.17, 15) is 4.79 Å². The summed E-state index contributed by atoms with van der Waals surface area (Å²) in [7, 11) is 0. The van der Waals surface area contributed by atoms with Gasteiger partial charge in [-0.1, -0.05) is 42.8 Å². The highest BCUT2D eigenvalue weighted by Crippen LogP contribution is 2.36. The van der Waals surface area contributed by atoms with Crippen molar-refractivity contribution >= 4 is 21.7 Å². The summed E-state index contributed by atoms with van der Waals surface area (Å²) in [6.45, 7) is 2.00. The number of rotatable bonds is 3. The predicted molar refractivity (Wildman–Crippen MR) is 85.3 cm³/mol. The van der Waals surface area contributed by atoms with Crippen LogP contribution in [0.5, 0.6) is 0 Å². The van der Waals surface area contributed by atoms with Gasteiger partial charge in [0, 0.05) is 15.6 Å². The molecule has 0 atom stereocenters. The molecule has 1 nitrogen and oxygen atoms in total. The first-order valence-corrected chi connectivity index (χ1v) is 7.86. The third kappa shape index (κ3) is 2.45. The predicted octanol–water partition coefficient (Wildman–Crippen LogP) is 5.26. The van der Waals surface area contributed by atoms with Crippen LogP contribution in [0.4, 0.5) is 0 Å². The second kappa shape index (κ2) is 5.53. The van der Waals surface area contributed by atoms with Crippen molar-refractivity contribution in [3.8, 4) is 0 Å². The molecule has 3 rings (SSSR count). The number of aryl methyl sites for hydroxylation is 1. The molecule has 2 heteroatoms. The number of benzene rings is 2. The Morgan fingerprint density at radius 2 is 1.80 bits per heavy atom. The highest BCUT2D eigenvalue weighted by molar-refractivity contribution is 9.10. The van der Waals surface area contributed by atoms with Crippen LogP contribution in [0.15, 0.2) is 46.9 Å². The molecule has 0 heterocycles. The van der Waals surface area contributed by atoms with E-state index in [0.717, 1.165) is 21.2 Å².